The van der Waals surface area contributed by atoms with Crippen molar-refractivity contribution < 1.29 is 27.8 Å². The quantitative estimate of drug-likeness (QED) is 0.761. The van der Waals surface area contributed by atoms with Crippen LogP contribution in [-0.2, 0) is 16.6 Å². The first-order valence-electron chi connectivity index (χ1n) is 8.35. The van der Waals surface area contributed by atoms with Crippen molar-refractivity contribution in [1.82, 2.24) is 13.8 Å². The largest absolute Gasteiger partial charge is 0.503 e. The molecule has 28 heavy (non-hydrogen) atoms. The van der Waals surface area contributed by atoms with Gasteiger partial charge in [-0.15, -0.1) is 0 Å². The average Bonchev–Trinajstić information content (AvgIpc) is 2.66. The Morgan fingerprint density at radius 2 is 1.82 bits per heavy atom. The number of pyridine rings is 1. The molecule has 1 amide bonds. The van der Waals surface area contributed by atoms with Gasteiger partial charge in [-0.1, -0.05) is 6.07 Å². The molecule has 150 valence electrons. The summed E-state index contributed by atoms with van der Waals surface area (Å²) >= 11 is 0. The fourth-order valence-corrected chi connectivity index (χ4v) is 4.21. The lowest BCUT2D eigenvalue weighted by atomic mass is 10.2. The van der Waals surface area contributed by atoms with E-state index in [0.29, 0.717) is 30.2 Å². The molecule has 1 aromatic heterocycles. The van der Waals surface area contributed by atoms with Crippen molar-refractivity contribution in [1.29, 1.82) is 0 Å². The van der Waals surface area contributed by atoms with Gasteiger partial charge in [-0.25, -0.2) is 21.6 Å². The molecule has 1 aliphatic heterocycles. The van der Waals surface area contributed by atoms with E-state index in [-0.39, 0.29) is 12.1 Å². The van der Waals surface area contributed by atoms with Crippen LogP contribution in [0.5, 0.6) is 5.75 Å². The molecule has 3 rings (SSSR count). The Kier molecular flexibility index (Phi) is 5.38. The van der Waals surface area contributed by atoms with Gasteiger partial charge in [0, 0.05) is 44.5 Å². The summed E-state index contributed by atoms with van der Waals surface area (Å²) in [6.45, 7) is 1.57. The molecule has 1 aromatic carbocycles. The minimum atomic E-state index is -4.36. The van der Waals surface area contributed by atoms with Gasteiger partial charge in [0.2, 0.25) is 0 Å². The number of halogens is 1. The second-order valence-corrected chi connectivity index (χ2v) is 8.11. The van der Waals surface area contributed by atoms with Crippen LogP contribution in [0.15, 0.2) is 46.2 Å². The first-order valence-corrected chi connectivity index (χ1v) is 9.79. The number of carbonyl (C=O) groups is 1. The van der Waals surface area contributed by atoms with Crippen molar-refractivity contribution in [2.24, 2.45) is 0 Å². The number of aromatic nitrogens is 1. The molecule has 2 N–H and O–H groups in total. The molecule has 0 saturated carbocycles. The average molecular weight is 411 g/mol. The van der Waals surface area contributed by atoms with Gasteiger partial charge in [0.1, 0.15) is 5.82 Å². The molecule has 0 unspecified atom stereocenters. The Morgan fingerprint density at radius 3 is 2.43 bits per heavy atom. The third-order valence-electron chi connectivity index (χ3n) is 4.51. The maximum absolute atomic E-state index is 13.3. The number of benzene rings is 1. The smallest absolute Gasteiger partial charge is 0.407 e. The minimum Gasteiger partial charge on any atom is -0.503 e. The molecule has 0 atom stereocenters. The van der Waals surface area contributed by atoms with Crippen LogP contribution < -0.4 is 5.56 Å². The van der Waals surface area contributed by atoms with Gasteiger partial charge in [-0.05, 0) is 24.3 Å². The Hall–Kier alpha value is -2.92. The van der Waals surface area contributed by atoms with Gasteiger partial charge in [0.15, 0.2) is 5.75 Å². The van der Waals surface area contributed by atoms with Crippen molar-refractivity contribution in [2.75, 3.05) is 26.2 Å². The highest BCUT2D eigenvalue weighted by Gasteiger charge is 2.24. The highest BCUT2D eigenvalue weighted by atomic mass is 32.2. The number of piperazine rings is 1. The molecular formula is C17H18FN3O6S. The first kappa shape index (κ1) is 19.8. The van der Waals surface area contributed by atoms with Gasteiger partial charge < -0.3 is 15.1 Å². The fraction of sp³-hybridized carbons (Fsp3) is 0.294. The van der Waals surface area contributed by atoms with Crippen molar-refractivity contribution in [3.63, 3.8) is 0 Å². The van der Waals surface area contributed by atoms with Crippen molar-refractivity contribution in [3.05, 3.63) is 58.3 Å². The number of carboxylic acid groups (broad SMARTS) is 1. The Bertz CT molecular complexity index is 1060. The number of hydrogen-bond donors (Lipinski definition) is 2. The van der Waals surface area contributed by atoms with Crippen molar-refractivity contribution in [2.45, 2.75) is 11.4 Å². The Morgan fingerprint density at radius 1 is 1.14 bits per heavy atom. The maximum atomic E-state index is 13.3. The molecule has 1 fully saturated rings. The summed E-state index contributed by atoms with van der Waals surface area (Å²) in [7, 11) is -4.36. The highest BCUT2D eigenvalue weighted by Crippen LogP contribution is 2.19. The van der Waals surface area contributed by atoms with Crippen LogP contribution >= 0.6 is 0 Å². The van der Waals surface area contributed by atoms with Gasteiger partial charge in [-0.2, -0.15) is 0 Å². The van der Waals surface area contributed by atoms with E-state index in [9.17, 15) is 27.5 Å². The first-order chi connectivity index (χ1) is 13.2. The zero-order valence-corrected chi connectivity index (χ0v) is 15.5. The zero-order valence-electron chi connectivity index (χ0n) is 14.7. The third-order valence-corrected chi connectivity index (χ3v) is 6.16. The Balaban J connectivity index is 1.84. The minimum absolute atomic E-state index is 0.162. The van der Waals surface area contributed by atoms with Crippen LogP contribution in [-0.4, -0.2) is 64.7 Å². The number of amides is 1. The lowest BCUT2D eigenvalue weighted by molar-refractivity contribution is 0.102. The second kappa shape index (κ2) is 7.60. The molecule has 11 heteroatoms. The number of nitrogens with zero attached hydrogens (tertiary/aromatic N) is 3. The standard InChI is InChI=1S/C17H18FN3O6S/c18-13-2-1-3-14(10-13)28(26,27)21-5-4-12(15(22)16(21)23)11-19-6-8-20(9-7-19)17(24)25/h1-5,10,22H,6-9,11H2,(H,24,25). The summed E-state index contributed by atoms with van der Waals surface area (Å²) in [5.41, 5.74) is -0.912. The monoisotopic (exact) mass is 411 g/mol. The summed E-state index contributed by atoms with van der Waals surface area (Å²) in [6, 6.07) is 5.52. The van der Waals surface area contributed by atoms with Crippen LogP contribution in [0, 0.1) is 5.82 Å². The normalized spacial score (nSPS) is 15.5. The van der Waals surface area contributed by atoms with Crippen LogP contribution in [0.2, 0.25) is 0 Å². The third kappa shape index (κ3) is 3.85. The summed E-state index contributed by atoms with van der Waals surface area (Å²) in [6.07, 6.45) is 0.0122. The lowest BCUT2D eigenvalue weighted by Crippen LogP contribution is -2.47. The van der Waals surface area contributed by atoms with E-state index in [0.717, 1.165) is 24.4 Å². The highest BCUT2D eigenvalue weighted by molar-refractivity contribution is 7.90. The molecule has 1 aliphatic rings. The van der Waals surface area contributed by atoms with Crippen LogP contribution in [0.3, 0.4) is 0 Å². The SMILES string of the molecule is O=C(O)N1CCN(Cc2ccn(S(=O)(=O)c3cccc(F)c3)c(=O)c2O)CC1. The topological polar surface area (TPSA) is 120 Å². The van der Waals surface area contributed by atoms with E-state index < -0.39 is 38.1 Å². The Labute approximate surface area is 159 Å². The summed E-state index contributed by atoms with van der Waals surface area (Å²) in [5, 5.41) is 19.2. The van der Waals surface area contributed by atoms with Crippen LogP contribution in [0.1, 0.15) is 5.56 Å². The number of hydrogen-bond acceptors (Lipinski definition) is 6. The molecule has 2 aromatic rings. The van der Waals surface area contributed by atoms with Gasteiger partial charge in [0.05, 0.1) is 4.90 Å². The van der Waals surface area contributed by atoms with E-state index >= 15 is 0 Å². The van der Waals surface area contributed by atoms with Crippen LogP contribution in [0.4, 0.5) is 9.18 Å². The molecule has 0 bridgehead atoms. The maximum Gasteiger partial charge on any atom is 0.407 e. The summed E-state index contributed by atoms with van der Waals surface area (Å²) in [4.78, 5) is 26.0. The molecule has 0 spiro atoms. The molecule has 0 radical (unpaired) electrons. The van der Waals surface area contributed by atoms with E-state index in [4.69, 9.17) is 5.11 Å². The number of rotatable bonds is 4. The van der Waals surface area contributed by atoms with Crippen molar-refractivity contribution in [3.8, 4) is 5.75 Å². The van der Waals surface area contributed by atoms with E-state index in [1.54, 1.807) is 0 Å². The second-order valence-electron chi connectivity index (χ2n) is 6.30. The predicted octanol–water partition coefficient (Wildman–Crippen LogP) is 0.726. The fourth-order valence-electron chi connectivity index (χ4n) is 2.94. The van der Waals surface area contributed by atoms with Gasteiger partial charge in [0.25, 0.3) is 10.0 Å². The summed E-state index contributed by atoms with van der Waals surface area (Å²) < 4.78 is 38.9. The molecule has 0 aliphatic carbocycles. The van der Waals surface area contributed by atoms with Gasteiger partial charge >= 0.3 is 11.7 Å². The number of aromatic hydroxyl groups is 1. The molecular weight excluding hydrogens is 393 g/mol. The van der Waals surface area contributed by atoms with Gasteiger partial charge in [-0.3, -0.25) is 9.69 Å². The van der Waals surface area contributed by atoms with Crippen molar-refractivity contribution >= 4 is 16.1 Å². The van der Waals surface area contributed by atoms with E-state index in [1.165, 1.54) is 17.0 Å². The molecule has 1 saturated heterocycles. The van der Waals surface area contributed by atoms with E-state index in [1.807, 2.05) is 4.90 Å². The van der Waals surface area contributed by atoms with Crippen LogP contribution in [0.25, 0.3) is 0 Å². The molecule has 2 heterocycles. The summed E-state index contributed by atoms with van der Waals surface area (Å²) in [5.74, 6) is -1.49. The lowest BCUT2D eigenvalue weighted by Gasteiger charge is -2.33. The zero-order chi connectivity index (χ0) is 20.5. The predicted molar refractivity (Wildman–Crippen MR) is 96.2 cm³/mol. The molecule has 9 nitrogen and oxygen atoms in total. The van der Waals surface area contributed by atoms with E-state index in [2.05, 4.69) is 0 Å².